The quantitative estimate of drug-likeness (QED) is 0.780. The zero-order chi connectivity index (χ0) is 17.6. The molecular weight excluding hydrogens is 306 g/mol. The summed E-state index contributed by atoms with van der Waals surface area (Å²) in [5.74, 6) is -1.15. The highest BCUT2D eigenvalue weighted by Gasteiger charge is 2.31. The number of carboxylic acids is 1. The molecule has 0 unspecified atom stereocenters. The first-order valence-electron chi connectivity index (χ1n) is 8.08. The van der Waals surface area contributed by atoms with E-state index in [1.54, 1.807) is 23.0 Å². The highest BCUT2D eigenvalue weighted by atomic mass is 16.4. The molecule has 0 aliphatic carbocycles. The Kier molecular flexibility index (Phi) is 5.73. The number of benzene rings is 1. The molecule has 0 atom stereocenters. The Labute approximate surface area is 141 Å². The maximum Gasteiger partial charge on any atom is 0.305 e. The summed E-state index contributed by atoms with van der Waals surface area (Å²) in [6.07, 6.45) is 4.66. The van der Waals surface area contributed by atoms with Crippen LogP contribution in [0.2, 0.25) is 0 Å². The molecule has 2 rings (SSSR count). The first-order valence-corrected chi connectivity index (χ1v) is 8.08. The van der Waals surface area contributed by atoms with Gasteiger partial charge in [-0.25, -0.2) is 0 Å². The molecule has 0 fully saturated rings. The highest BCUT2D eigenvalue weighted by Crippen LogP contribution is 2.21. The molecule has 2 N–H and O–H groups in total. The lowest BCUT2D eigenvalue weighted by molar-refractivity contribution is -0.138. The molecule has 24 heavy (non-hydrogen) atoms. The molecule has 1 aromatic carbocycles. The van der Waals surface area contributed by atoms with Gasteiger partial charge in [-0.2, -0.15) is 5.10 Å². The van der Waals surface area contributed by atoms with Crippen molar-refractivity contribution in [3.8, 4) is 0 Å². The van der Waals surface area contributed by atoms with Gasteiger partial charge in [0.05, 0.1) is 18.5 Å². The van der Waals surface area contributed by atoms with Gasteiger partial charge in [-0.15, -0.1) is 0 Å². The molecule has 128 valence electrons. The van der Waals surface area contributed by atoms with Crippen LogP contribution < -0.4 is 5.32 Å². The number of hydrogen-bond acceptors (Lipinski definition) is 3. The van der Waals surface area contributed by atoms with Gasteiger partial charge in [0, 0.05) is 18.0 Å². The molecule has 0 saturated carbocycles. The number of carbonyl (C=O) groups excluding carboxylic acids is 1. The van der Waals surface area contributed by atoms with Crippen LogP contribution in [0.15, 0.2) is 42.7 Å². The van der Waals surface area contributed by atoms with E-state index in [1.165, 1.54) is 0 Å². The van der Waals surface area contributed by atoms with Gasteiger partial charge in [0.2, 0.25) is 0 Å². The number of hydrogen-bond donors (Lipinski definition) is 2. The molecule has 6 heteroatoms. The van der Waals surface area contributed by atoms with E-state index in [0.29, 0.717) is 24.9 Å². The van der Waals surface area contributed by atoms with Crippen molar-refractivity contribution in [2.75, 3.05) is 0 Å². The molecule has 1 aromatic heterocycles. The van der Waals surface area contributed by atoms with Crippen molar-refractivity contribution in [3.63, 3.8) is 0 Å². The van der Waals surface area contributed by atoms with Gasteiger partial charge in [0.15, 0.2) is 0 Å². The van der Waals surface area contributed by atoms with Crippen LogP contribution in [0.25, 0.3) is 0 Å². The minimum atomic E-state index is -0.909. The molecular formula is C18H23N3O3. The van der Waals surface area contributed by atoms with E-state index >= 15 is 0 Å². The Hall–Kier alpha value is -2.63. The summed E-state index contributed by atoms with van der Waals surface area (Å²) in [5.41, 5.74) is 0.852. The smallest absolute Gasteiger partial charge is 0.305 e. The van der Waals surface area contributed by atoms with Crippen LogP contribution in [0.5, 0.6) is 0 Å². The van der Waals surface area contributed by atoms with Crippen LogP contribution in [-0.2, 0) is 11.3 Å². The second kappa shape index (κ2) is 7.77. The van der Waals surface area contributed by atoms with Crippen LogP contribution in [0.1, 0.15) is 49.0 Å². The minimum Gasteiger partial charge on any atom is -0.481 e. The fourth-order valence-corrected chi connectivity index (χ4v) is 2.67. The summed E-state index contributed by atoms with van der Waals surface area (Å²) in [6.45, 7) is 4.42. The number of amides is 1. The van der Waals surface area contributed by atoms with Gasteiger partial charge < -0.3 is 10.4 Å². The zero-order valence-electron chi connectivity index (χ0n) is 14.0. The lowest BCUT2D eigenvalue weighted by atomic mass is 9.88. The van der Waals surface area contributed by atoms with Crippen LogP contribution in [-0.4, -0.2) is 32.3 Å². The molecule has 0 aliphatic heterocycles. The predicted octanol–water partition coefficient (Wildman–Crippen LogP) is 2.69. The highest BCUT2D eigenvalue weighted by molar-refractivity contribution is 5.95. The Morgan fingerprint density at radius 1 is 1.21 bits per heavy atom. The Bertz CT molecular complexity index is 674. The number of aromatic nitrogens is 2. The largest absolute Gasteiger partial charge is 0.481 e. The van der Waals surface area contributed by atoms with Crippen LogP contribution in [0, 0.1) is 0 Å². The SMILES string of the molecule is CCC(CC)(CC(=O)O)NC(=O)c1ccc(Cn2cccn2)cc1. The third kappa shape index (κ3) is 4.44. The van der Waals surface area contributed by atoms with Gasteiger partial charge in [0.25, 0.3) is 5.91 Å². The summed E-state index contributed by atoms with van der Waals surface area (Å²) >= 11 is 0. The maximum absolute atomic E-state index is 12.5. The maximum atomic E-state index is 12.5. The summed E-state index contributed by atoms with van der Waals surface area (Å²) in [4.78, 5) is 23.6. The second-order valence-corrected chi connectivity index (χ2v) is 5.91. The van der Waals surface area contributed by atoms with Crippen molar-refractivity contribution < 1.29 is 14.7 Å². The Morgan fingerprint density at radius 2 is 1.88 bits per heavy atom. The second-order valence-electron chi connectivity index (χ2n) is 5.91. The third-order valence-corrected chi connectivity index (χ3v) is 4.34. The topological polar surface area (TPSA) is 84.2 Å². The number of aliphatic carboxylic acids is 1. The third-order valence-electron chi connectivity index (χ3n) is 4.34. The van der Waals surface area contributed by atoms with Gasteiger partial charge >= 0.3 is 5.97 Å². The van der Waals surface area contributed by atoms with Crippen molar-refractivity contribution in [2.24, 2.45) is 0 Å². The number of nitrogens with zero attached hydrogens (tertiary/aromatic N) is 2. The van der Waals surface area contributed by atoms with Crippen LogP contribution in [0.4, 0.5) is 0 Å². The molecule has 0 bridgehead atoms. The van der Waals surface area contributed by atoms with E-state index in [2.05, 4.69) is 10.4 Å². The van der Waals surface area contributed by atoms with Crippen LogP contribution in [0.3, 0.4) is 0 Å². The molecule has 2 aromatic rings. The molecule has 1 heterocycles. The summed E-state index contributed by atoms with van der Waals surface area (Å²) in [5, 5.41) is 16.1. The van der Waals surface area contributed by atoms with E-state index in [9.17, 15) is 9.59 Å². The predicted molar refractivity (Wildman–Crippen MR) is 90.8 cm³/mol. The summed E-state index contributed by atoms with van der Waals surface area (Å²) in [6, 6.07) is 9.14. The number of carboxylic acid groups (broad SMARTS) is 1. The molecule has 0 saturated heterocycles. The van der Waals surface area contributed by atoms with E-state index in [0.717, 1.165) is 5.56 Å². The average molecular weight is 329 g/mol. The molecule has 6 nitrogen and oxygen atoms in total. The number of rotatable bonds is 8. The van der Waals surface area contributed by atoms with E-state index in [4.69, 9.17) is 5.11 Å². The van der Waals surface area contributed by atoms with Crippen molar-refractivity contribution in [3.05, 3.63) is 53.9 Å². The number of nitrogens with one attached hydrogen (secondary N) is 1. The fraction of sp³-hybridized carbons (Fsp3) is 0.389. The van der Waals surface area contributed by atoms with Crippen molar-refractivity contribution in [1.82, 2.24) is 15.1 Å². The Balaban J connectivity index is 2.07. The lowest BCUT2D eigenvalue weighted by Crippen LogP contribution is -2.49. The molecule has 0 radical (unpaired) electrons. The van der Waals surface area contributed by atoms with Crippen LogP contribution >= 0.6 is 0 Å². The minimum absolute atomic E-state index is 0.0802. The summed E-state index contributed by atoms with van der Waals surface area (Å²) < 4.78 is 1.81. The first-order chi connectivity index (χ1) is 11.5. The lowest BCUT2D eigenvalue weighted by Gasteiger charge is -2.31. The van der Waals surface area contributed by atoms with Crippen molar-refractivity contribution in [1.29, 1.82) is 0 Å². The normalized spacial score (nSPS) is 11.2. The molecule has 0 spiro atoms. The van der Waals surface area contributed by atoms with Crippen molar-refractivity contribution >= 4 is 11.9 Å². The average Bonchev–Trinajstić information content (AvgIpc) is 3.07. The molecule has 0 aliphatic rings. The van der Waals surface area contributed by atoms with E-state index in [-0.39, 0.29) is 12.3 Å². The summed E-state index contributed by atoms with van der Waals surface area (Å²) in [7, 11) is 0. The first kappa shape index (κ1) is 17.7. The number of carbonyl (C=O) groups is 2. The van der Waals surface area contributed by atoms with Gasteiger partial charge in [0.1, 0.15) is 0 Å². The monoisotopic (exact) mass is 329 g/mol. The van der Waals surface area contributed by atoms with Crippen molar-refractivity contribution in [2.45, 2.75) is 45.2 Å². The van der Waals surface area contributed by atoms with E-state index in [1.807, 2.05) is 38.2 Å². The fourth-order valence-electron chi connectivity index (χ4n) is 2.67. The van der Waals surface area contributed by atoms with Gasteiger partial charge in [-0.3, -0.25) is 14.3 Å². The van der Waals surface area contributed by atoms with Gasteiger partial charge in [-0.05, 0) is 36.6 Å². The Morgan fingerprint density at radius 3 is 2.38 bits per heavy atom. The standard InChI is InChI=1S/C18H23N3O3/c1-3-18(4-2,12-16(22)23)20-17(24)15-8-6-14(7-9-15)13-21-11-5-10-19-21/h5-11H,3-4,12-13H2,1-2H3,(H,20,24)(H,22,23). The molecule has 1 amide bonds. The van der Waals surface area contributed by atoms with E-state index < -0.39 is 11.5 Å². The zero-order valence-corrected chi connectivity index (χ0v) is 14.0. The van der Waals surface area contributed by atoms with Gasteiger partial charge in [-0.1, -0.05) is 26.0 Å².